The zero-order valence-electron chi connectivity index (χ0n) is 9.98. The lowest BCUT2D eigenvalue weighted by atomic mass is 9.95. The number of benzene rings is 1. The largest absolute Gasteiger partial charge is 0.383 e. The van der Waals surface area contributed by atoms with E-state index in [-0.39, 0.29) is 38.9 Å². The van der Waals surface area contributed by atoms with Crippen molar-refractivity contribution < 1.29 is 4.39 Å². The number of aromatic nitrogens is 1. The number of nitrogens with zero attached hydrogens (tertiary/aromatic N) is 3. The predicted octanol–water partition coefficient (Wildman–Crippen LogP) is 2.45. The van der Waals surface area contributed by atoms with Crippen LogP contribution in [0.25, 0.3) is 11.1 Å². The maximum Gasteiger partial charge on any atom is 0.144 e. The van der Waals surface area contributed by atoms with Gasteiger partial charge in [-0.25, -0.2) is 9.37 Å². The maximum absolute atomic E-state index is 14.0. The van der Waals surface area contributed by atoms with E-state index >= 15 is 0 Å². The van der Waals surface area contributed by atoms with Crippen LogP contribution in [0.15, 0.2) is 18.2 Å². The molecular formula is C13H7ClFN5. The highest BCUT2D eigenvalue weighted by molar-refractivity contribution is 6.33. The quantitative estimate of drug-likeness (QED) is 0.836. The number of rotatable bonds is 1. The van der Waals surface area contributed by atoms with Gasteiger partial charge in [0, 0.05) is 11.1 Å². The molecule has 0 spiro atoms. The molecule has 20 heavy (non-hydrogen) atoms. The van der Waals surface area contributed by atoms with E-state index in [2.05, 4.69) is 4.98 Å². The van der Waals surface area contributed by atoms with E-state index in [9.17, 15) is 4.39 Å². The highest BCUT2D eigenvalue weighted by atomic mass is 35.5. The van der Waals surface area contributed by atoms with Gasteiger partial charge in [-0.3, -0.25) is 0 Å². The molecule has 0 aliphatic heterocycles. The van der Waals surface area contributed by atoms with Gasteiger partial charge in [-0.1, -0.05) is 17.7 Å². The van der Waals surface area contributed by atoms with Crippen LogP contribution < -0.4 is 11.5 Å². The molecule has 7 heteroatoms. The maximum atomic E-state index is 14.0. The van der Waals surface area contributed by atoms with Gasteiger partial charge in [0.25, 0.3) is 0 Å². The third-order valence-corrected chi connectivity index (χ3v) is 3.00. The van der Waals surface area contributed by atoms with Crippen molar-refractivity contribution in [3.8, 4) is 23.3 Å². The Hall–Kier alpha value is -2.83. The fourth-order valence-corrected chi connectivity index (χ4v) is 2.09. The molecule has 0 radical (unpaired) electrons. The van der Waals surface area contributed by atoms with Crippen LogP contribution in [0.5, 0.6) is 0 Å². The molecule has 0 fully saturated rings. The highest BCUT2D eigenvalue weighted by Gasteiger charge is 2.23. The lowest BCUT2D eigenvalue weighted by Crippen LogP contribution is -2.06. The summed E-state index contributed by atoms with van der Waals surface area (Å²) in [6.45, 7) is 0. The second-order valence-electron chi connectivity index (χ2n) is 3.83. The van der Waals surface area contributed by atoms with Gasteiger partial charge in [0.2, 0.25) is 0 Å². The molecule has 1 aromatic carbocycles. The number of nitrogen functional groups attached to an aromatic ring is 2. The summed E-state index contributed by atoms with van der Waals surface area (Å²) in [6, 6.07) is 7.61. The summed E-state index contributed by atoms with van der Waals surface area (Å²) in [7, 11) is 0. The molecule has 98 valence electrons. The summed E-state index contributed by atoms with van der Waals surface area (Å²) in [6.07, 6.45) is 0. The summed E-state index contributed by atoms with van der Waals surface area (Å²) in [5, 5.41) is 18.4. The van der Waals surface area contributed by atoms with E-state index in [0.29, 0.717) is 0 Å². The Morgan fingerprint density at radius 1 is 1.05 bits per heavy atom. The topological polar surface area (TPSA) is 113 Å². The lowest BCUT2D eigenvalue weighted by Gasteiger charge is -2.12. The number of hydrogen-bond acceptors (Lipinski definition) is 5. The molecule has 1 heterocycles. The highest BCUT2D eigenvalue weighted by Crippen LogP contribution is 2.38. The minimum absolute atomic E-state index is 0.0388. The number of nitrogens with two attached hydrogens (primary N) is 2. The Balaban J connectivity index is 3.01. The summed E-state index contributed by atoms with van der Waals surface area (Å²) in [5.74, 6) is -1.05. The normalized spacial score (nSPS) is 9.80. The molecular weight excluding hydrogens is 281 g/mol. The number of nitriles is 2. The first kappa shape index (κ1) is 13.6. The molecule has 0 bridgehead atoms. The van der Waals surface area contributed by atoms with Crippen molar-refractivity contribution in [2.24, 2.45) is 0 Å². The minimum Gasteiger partial charge on any atom is -0.383 e. The molecule has 0 atom stereocenters. The monoisotopic (exact) mass is 287 g/mol. The average molecular weight is 288 g/mol. The Morgan fingerprint density at radius 3 is 2.05 bits per heavy atom. The van der Waals surface area contributed by atoms with Gasteiger partial charge < -0.3 is 11.5 Å². The fourth-order valence-electron chi connectivity index (χ4n) is 1.84. The van der Waals surface area contributed by atoms with Gasteiger partial charge in [0.05, 0.1) is 5.02 Å². The molecule has 5 nitrogen and oxygen atoms in total. The first-order valence-corrected chi connectivity index (χ1v) is 5.72. The van der Waals surface area contributed by atoms with E-state index in [1.807, 2.05) is 0 Å². The van der Waals surface area contributed by atoms with Gasteiger partial charge in [-0.15, -0.1) is 0 Å². The van der Waals surface area contributed by atoms with E-state index in [4.69, 9.17) is 33.6 Å². The molecule has 0 unspecified atom stereocenters. The number of anilines is 2. The van der Waals surface area contributed by atoms with Crippen molar-refractivity contribution >= 4 is 23.2 Å². The molecule has 0 aliphatic carbocycles. The van der Waals surface area contributed by atoms with Crippen LogP contribution in [0.3, 0.4) is 0 Å². The molecule has 4 N–H and O–H groups in total. The summed E-state index contributed by atoms with van der Waals surface area (Å²) < 4.78 is 14.0. The van der Waals surface area contributed by atoms with E-state index in [1.54, 1.807) is 12.1 Å². The van der Waals surface area contributed by atoms with Crippen LogP contribution in [0, 0.1) is 28.5 Å². The summed E-state index contributed by atoms with van der Waals surface area (Å²) in [4.78, 5) is 3.71. The Kier molecular flexibility index (Phi) is 3.43. The van der Waals surface area contributed by atoms with E-state index in [1.165, 1.54) is 12.1 Å². The predicted molar refractivity (Wildman–Crippen MR) is 72.9 cm³/mol. The van der Waals surface area contributed by atoms with Gasteiger partial charge in [-0.05, 0) is 12.1 Å². The van der Waals surface area contributed by atoms with Crippen LogP contribution in [0.4, 0.5) is 16.0 Å². The first-order chi connectivity index (χ1) is 9.51. The van der Waals surface area contributed by atoms with Crippen LogP contribution in [-0.2, 0) is 0 Å². The SMILES string of the molecule is N#Cc1c(N)nc(N)c(C#N)c1-c1c(F)cccc1Cl. The second kappa shape index (κ2) is 5.04. The summed E-state index contributed by atoms with van der Waals surface area (Å²) >= 11 is 5.97. The van der Waals surface area contributed by atoms with Crippen LogP contribution >= 0.6 is 11.6 Å². The Labute approximate surface area is 118 Å². The molecule has 0 amide bonds. The van der Waals surface area contributed by atoms with E-state index < -0.39 is 5.82 Å². The van der Waals surface area contributed by atoms with Crippen molar-refractivity contribution in [2.75, 3.05) is 11.5 Å². The van der Waals surface area contributed by atoms with Crippen molar-refractivity contribution in [3.63, 3.8) is 0 Å². The third-order valence-electron chi connectivity index (χ3n) is 2.69. The van der Waals surface area contributed by atoms with Gasteiger partial charge in [0.1, 0.15) is 40.7 Å². The molecule has 0 saturated heterocycles. The third kappa shape index (κ3) is 1.99. The molecule has 0 saturated carbocycles. The molecule has 2 rings (SSSR count). The van der Waals surface area contributed by atoms with Crippen LogP contribution in [-0.4, -0.2) is 4.98 Å². The Bertz CT molecular complexity index is 730. The van der Waals surface area contributed by atoms with Crippen LogP contribution in [0.2, 0.25) is 5.02 Å². The second-order valence-corrected chi connectivity index (χ2v) is 4.23. The standard InChI is InChI=1S/C13H7ClFN5/c14-8-2-1-3-9(15)11(8)10-6(4-16)12(18)20-13(19)7(10)5-17/h1-3H,(H4,18,19,20). The fraction of sp³-hybridized carbons (Fsp3) is 0. The molecule has 1 aromatic heterocycles. The zero-order valence-corrected chi connectivity index (χ0v) is 10.7. The van der Waals surface area contributed by atoms with E-state index in [0.717, 1.165) is 6.07 Å². The van der Waals surface area contributed by atoms with Gasteiger partial charge >= 0.3 is 0 Å². The minimum atomic E-state index is -0.685. The van der Waals surface area contributed by atoms with Gasteiger partial charge in [0.15, 0.2) is 0 Å². The van der Waals surface area contributed by atoms with Crippen molar-refractivity contribution in [2.45, 2.75) is 0 Å². The van der Waals surface area contributed by atoms with Gasteiger partial charge in [-0.2, -0.15) is 10.5 Å². The zero-order chi connectivity index (χ0) is 14.9. The number of pyridine rings is 1. The first-order valence-electron chi connectivity index (χ1n) is 5.34. The van der Waals surface area contributed by atoms with Crippen molar-refractivity contribution in [1.82, 2.24) is 4.98 Å². The number of hydrogen-bond donors (Lipinski definition) is 2. The number of halogens is 2. The summed E-state index contributed by atoms with van der Waals surface area (Å²) in [5.41, 5.74) is 10.8. The van der Waals surface area contributed by atoms with Crippen molar-refractivity contribution in [1.29, 1.82) is 10.5 Å². The Morgan fingerprint density at radius 2 is 1.60 bits per heavy atom. The smallest absolute Gasteiger partial charge is 0.144 e. The van der Waals surface area contributed by atoms with Crippen molar-refractivity contribution in [3.05, 3.63) is 40.2 Å². The lowest BCUT2D eigenvalue weighted by molar-refractivity contribution is 0.631. The molecule has 2 aromatic rings. The molecule has 0 aliphatic rings. The van der Waals surface area contributed by atoms with Crippen LogP contribution in [0.1, 0.15) is 11.1 Å². The average Bonchev–Trinajstić information content (AvgIpc) is 2.38.